The van der Waals surface area contributed by atoms with Gasteiger partial charge < -0.3 is 14.8 Å². The summed E-state index contributed by atoms with van der Waals surface area (Å²) in [7, 11) is 0. The molecule has 0 aliphatic carbocycles. The molecule has 1 aliphatic heterocycles. The van der Waals surface area contributed by atoms with Gasteiger partial charge in [-0.3, -0.25) is 4.79 Å². The molecule has 1 aromatic rings. The monoisotopic (exact) mass is 263 g/mol. The molecule has 4 nitrogen and oxygen atoms in total. The Balaban J connectivity index is 1.89. The number of nitrogens with one attached hydrogen (secondary N) is 1. The molecule has 104 valence electrons. The zero-order chi connectivity index (χ0) is 13.7. The van der Waals surface area contributed by atoms with Crippen molar-refractivity contribution >= 4 is 11.6 Å². The van der Waals surface area contributed by atoms with E-state index in [2.05, 4.69) is 5.32 Å². The zero-order valence-electron chi connectivity index (χ0n) is 11.5. The van der Waals surface area contributed by atoms with Crippen LogP contribution in [0.15, 0.2) is 24.3 Å². The van der Waals surface area contributed by atoms with Crippen LogP contribution in [-0.4, -0.2) is 25.2 Å². The standard InChI is InChI=1S/C15H21NO3/c1-11(2)19-14-5-3-13(4-6-14)16-15(17)12-7-9-18-10-8-12/h3-6,11-12H,7-10H2,1-2H3,(H,16,17). The summed E-state index contributed by atoms with van der Waals surface area (Å²) in [6.45, 7) is 5.33. The molecule has 0 unspecified atom stereocenters. The average Bonchev–Trinajstić information content (AvgIpc) is 2.41. The lowest BCUT2D eigenvalue weighted by atomic mass is 9.99. The number of hydrogen-bond donors (Lipinski definition) is 1. The van der Waals surface area contributed by atoms with Crippen LogP contribution in [0.25, 0.3) is 0 Å². The Kier molecular flexibility index (Phi) is 4.80. The van der Waals surface area contributed by atoms with Gasteiger partial charge in [0.2, 0.25) is 5.91 Å². The quantitative estimate of drug-likeness (QED) is 0.908. The molecule has 0 saturated carbocycles. The summed E-state index contributed by atoms with van der Waals surface area (Å²) in [5, 5.41) is 2.94. The van der Waals surface area contributed by atoms with Crippen molar-refractivity contribution < 1.29 is 14.3 Å². The predicted octanol–water partition coefficient (Wildman–Crippen LogP) is 2.84. The number of anilines is 1. The van der Waals surface area contributed by atoms with E-state index in [1.807, 2.05) is 38.1 Å². The van der Waals surface area contributed by atoms with Gasteiger partial charge in [0.05, 0.1) is 6.10 Å². The van der Waals surface area contributed by atoms with Gasteiger partial charge >= 0.3 is 0 Å². The number of amides is 1. The minimum absolute atomic E-state index is 0.0698. The van der Waals surface area contributed by atoms with E-state index in [4.69, 9.17) is 9.47 Å². The third-order valence-corrected chi connectivity index (χ3v) is 3.09. The van der Waals surface area contributed by atoms with Gasteiger partial charge in [-0.15, -0.1) is 0 Å². The smallest absolute Gasteiger partial charge is 0.227 e. The highest BCUT2D eigenvalue weighted by molar-refractivity contribution is 5.92. The molecule has 2 rings (SSSR count). The third-order valence-electron chi connectivity index (χ3n) is 3.09. The molecule has 1 amide bonds. The van der Waals surface area contributed by atoms with E-state index in [0.717, 1.165) is 24.3 Å². The van der Waals surface area contributed by atoms with Crippen LogP contribution < -0.4 is 10.1 Å². The molecule has 1 fully saturated rings. The second kappa shape index (κ2) is 6.57. The van der Waals surface area contributed by atoms with Crippen LogP contribution in [0.4, 0.5) is 5.69 Å². The number of hydrogen-bond acceptors (Lipinski definition) is 3. The van der Waals surface area contributed by atoms with E-state index in [0.29, 0.717) is 13.2 Å². The molecule has 4 heteroatoms. The van der Waals surface area contributed by atoms with E-state index in [-0.39, 0.29) is 17.9 Å². The van der Waals surface area contributed by atoms with Crippen LogP contribution in [-0.2, 0) is 9.53 Å². The Morgan fingerprint density at radius 1 is 1.26 bits per heavy atom. The number of carbonyl (C=O) groups excluding carboxylic acids is 1. The Bertz CT molecular complexity index is 408. The Morgan fingerprint density at radius 2 is 1.89 bits per heavy atom. The summed E-state index contributed by atoms with van der Waals surface area (Å²) < 4.78 is 10.8. The number of benzene rings is 1. The first kappa shape index (κ1) is 13.9. The van der Waals surface area contributed by atoms with Crippen LogP contribution in [0.2, 0.25) is 0 Å². The van der Waals surface area contributed by atoms with Crippen molar-refractivity contribution in [3.63, 3.8) is 0 Å². The largest absolute Gasteiger partial charge is 0.491 e. The first-order chi connectivity index (χ1) is 9.15. The lowest BCUT2D eigenvalue weighted by molar-refractivity contribution is -0.122. The molecule has 19 heavy (non-hydrogen) atoms. The highest BCUT2D eigenvalue weighted by Crippen LogP contribution is 2.20. The fraction of sp³-hybridized carbons (Fsp3) is 0.533. The predicted molar refractivity (Wildman–Crippen MR) is 74.4 cm³/mol. The highest BCUT2D eigenvalue weighted by atomic mass is 16.5. The molecule has 0 bridgehead atoms. The summed E-state index contributed by atoms with van der Waals surface area (Å²) in [4.78, 5) is 12.0. The van der Waals surface area contributed by atoms with Crippen molar-refractivity contribution in [1.29, 1.82) is 0 Å². The van der Waals surface area contributed by atoms with E-state index >= 15 is 0 Å². The maximum absolute atomic E-state index is 12.0. The van der Waals surface area contributed by atoms with Crippen LogP contribution >= 0.6 is 0 Å². The molecule has 1 aromatic carbocycles. The van der Waals surface area contributed by atoms with Crippen LogP contribution in [0.3, 0.4) is 0 Å². The van der Waals surface area contributed by atoms with Gasteiger partial charge in [0.15, 0.2) is 0 Å². The van der Waals surface area contributed by atoms with E-state index in [9.17, 15) is 4.79 Å². The minimum atomic E-state index is 0.0698. The average molecular weight is 263 g/mol. The van der Waals surface area contributed by atoms with Gasteiger partial charge in [-0.1, -0.05) is 0 Å². The van der Waals surface area contributed by atoms with Gasteiger partial charge in [0.25, 0.3) is 0 Å². The molecule has 1 aliphatic rings. The minimum Gasteiger partial charge on any atom is -0.491 e. The van der Waals surface area contributed by atoms with Crippen molar-refractivity contribution in [3.8, 4) is 5.75 Å². The highest BCUT2D eigenvalue weighted by Gasteiger charge is 2.21. The van der Waals surface area contributed by atoms with Crippen molar-refractivity contribution in [1.82, 2.24) is 0 Å². The van der Waals surface area contributed by atoms with E-state index in [1.54, 1.807) is 0 Å². The van der Waals surface area contributed by atoms with Gasteiger partial charge in [0, 0.05) is 24.8 Å². The van der Waals surface area contributed by atoms with E-state index in [1.165, 1.54) is 0 Å². The fourth-order valence-corrected chi connectivity index (χ4v) is 2.09. The van der Waals surface area contributed by atoms with Gasteiger partial charge in [-0.2, -0.15) is 0 Å². The topological polar surface area (TPSA) is 47.6 Å². The van der Waals surface area contributed by atoms with Crippen LogP contribution in [0.1, 0.15) is 26.7 Å². The zero-order valence-corrected chi connectivity index (χ0v) is 11.5. The van der Waals surface area contributed by atoms with Gasteiger partial charge in [0.1, 0.15) is 5.75 Å². The summed E-state index contributed by atoms with van der Waals surface area (Å²) in [5.74, 6) is 0.972. The summed E-state index contributed by atoms with van der Waals surface area (Å²) in [6.07, 6.45) is 1.77. The van der Waals surface area contributed by atoms with Crippen molar-refractivity contribution in [2.45, 2.75) is 32.8 Å². The molecule has 0 atom stereocenters. The molecule has 0 spiro atoms. The number of carbonyl (C=O) groups is 1. The summed E-state index contributed by atoms with van der Waals surface area (Å²) >= 11 is 0. The lowest BCUT2D eigenvalue weighted by Crippen LogP contribution is -2.28. The second-order valence-corrected chi connectivity index (χ2v) is 5.07. The Labute approximate surface area is 114 Å². The molecular weight excluding hydrogens is 242 g/mol. The molecular formula is C15H21NO3. The Hall–Kier alpha value is -1.55. The molecule has 0 radical (unpaired) electrons. The lowest BCUT2D eigenvalue weighted by Gasteiger charge is -2.21. The fourth-order valence-electron chi connectivity index (χ4n) is 2.09. The van der Waals surface area contributed by atoms with E-state index < -0.39 is 0 Å². The molecule has 1 heterocycles. The second-order valence-electron chi connectivity index (χ2n) is 5.07. The maximum Gasteiger partial charge on any atom is 0.227 e. The third kappa shape index (κ3) is 4.24. The van der Waals surface area contributed by atoms with Crippen molar-refractivity contribution in [2.24, 2.45) is 5.92 Å². The van der Waals surface area contributed by atoms with Crippen molar-refractivity contribution in [2.75, 3.05) is 18.5 Å². The molecule has 1 N–H and O–H groups in total. The van der Waals surface area contributed by atoms with Crippen molar-refractivity contribution in [3.05, 3.63) is 24.3 Å². The molecule has 0 aromatic heterocycles. The number of ether oxygens (including phenoxy) is 2. The summed E-state index contributed by atoms with van der Waals surface area (Å²) in [5.41, 5.74) is 0.813. The van der Waals surface area contributed by atoms with Crippen LogP contribution in [0, 0.1) is 5.92 Å². The van der Waals surface area contributed by atoms with Gasteiger partial charge in [-0.05, 0) is 51.0 Å². The number of rotatable bonds is 4. The van der Waals surface area contributed by atoms with Gasteiger partial charge in [-0.25, -0.2) is 0 Å². The normalized spacial score (nSPS) is 16.4. The maximum atomic E-state index is 12.0. The first-order valence-electron chi connectivity index (χ1n) is 6.80. The first-order valence-corrected chi connectivity index (χ1v) is 6.80. The Morgan fingerprint density at radius 3 is 2.47 bits per heavy atom. The SMILES string of the molecule is CC(C)Oc1ccc(NC(=O)C2CCOCC2)cc1. The van der Waals surface area contributed by atoms with Crippen LogP contribution in [0.5, 0.6) is 5.75 Å². The summed E-state index contributed by atoms with van der Waals surface area (Å²) in [6, 6.07) is 7.49. The molecule has 1 saturated heterocycles.